The Morgan fingerprint density at radius 3 is 2.81 bits per heavy atom. The summed E-state index contributed by atoms with van der Waals surface area (Å²) in [6, 6.07) is 1.18. The molecular formula is C9H7BrClF2NO2. The third kappa shape index (κ3) is 2.89. The van der Waals surface area contributed by atoms with Gasteiger partial charge in [-0.15, -0.1) is 0 Å². The number of nitrogens with zero attached hydrogens (tertiary/aromatic N) is 1. The highest BCUT2D eigenvalue weighted by molar-refractivity contribution is 9.10. The average Bonchev–Trinajstić information content (AvgIpc) is 2.21. The minimum atomic E-state index is -2.88. The van der Waals surface area contributed by atoms with Crippen LogP contribution >= 0.6 is 27.5 Å². The second-order valence-electron chi connectivity index (χ2n) is 2.71. The molecule has 16 heavy (non-hydrogen) atoms. The van der Waals surface area contributed by atoms with Gasteiger partial charge in [-0.3, -0.25) is 0 Å². The van der Waals surface area contributed by atoms with E-state index in [9.17, 15) is 13.6 Å². The van der Waals surface area contributed by atoms with Gasteiger partial charge >= 0.3 is 5.97 Å². The van der Waals surface area contributed by atoms with E-state index in [1.165, 1.54) is 6.07 Å². The molecule has 0 N–H and O–H groups in total. The molecule has 0 fully saturated rings. The first-order valence-corrected chi connectivity index (χ1v) is 5.45. The van der Waals surface area contributed by atoms with Crippen LogP contribution in [0.15, 0.2) is 10.5 Å². The van der Waals surface area contributed by atoms with Gasteiger partial charge in [-0.25, -0.2) is 18.6 Å². The van der Waals surface area contributed by atoms with Crippen LogP contribution < -0.4 is 0 Å². The Morgan fingerprint density at radius 1 is 1.69 bits per heavy atom. The third-order valence-electron chi connectivity index (χ3n) is 1.66. The van der Waals surface area contributed by atoms with Crippen molar-refractivity contribution >= 4 is 33.5 Å². The Morgan fingerprint density at radius 2 is 2.31 bits per heavy atom. The maximum atomic E-state index is 12.6. The molecule has 7 heteroatoms. The van der Waals surface area contributed by atoms with E-state index < -0.39 is 18.1 Å². The highest BCUT2D eigenvalue weighted by Crippen LogP contribution is 2.29. The van der Waals surface area contributed by atoms with Gasteiger partial charge < -0.3 is 4.74 Å². The van der Waals surface area contributed by atoms with Crippen molar-refractivity contribution in [2.45, 2.75) is 13.3 Å². The lowest BCUT2D eigenvalue weighted by Gasteiger charge is -2.08. The van der Waals surface area contributed by atoms with Gasteiger partial charge in [-0.2, -0.15) is 0 Å². The van der Waals surface area contributed by atoms with Gasteiger partial charge in [-0.05, 0) is 28.9 Å². The number of aromatic nitrogens is 1. The molecule has 88 valence electrons. The molecule has 1 aromatic rings. The van der Waals surface area contributed by atoms with Crippen molar-refractivity contribution in [1.82, 2.24) is 4.98 Å². The Hall–Kier alpha value is -0.750. The fraction of sp³-hybridized carbons (Fsp3) is 0.333. The van der Waals surface area contributed by atoms with Crippen molar-refractivity contribution in [1.29, 1.82) is 0 Å². The smallest absolute Gasteiger partial charge is 0.340 e. The summed E-state index contributed by atoms with van der Waals surface area (Å²) >= 11 is 8.57. The van der Waals surface area contributed by atoms with E-state index in [0.29, 0.717) is 0 Å². The molecule has 0 saturated carbocycles. The van der Waals surface area contributed by atoms with Gasteiger partial charge in [0, 0.05) is 0 Å². The van der Waals surface area contributed by atoms with Gasteiger partial charge in [0.15, 0.2) is 0 Å². The van der Waals surface area contributed by atoms with Crippen LogP contribution in [0.1, 0.15) is 29.4 Å². The van der Waals surface area contributed by atoms with Crippen LogP contribution in [-0.4, -0.2) is 17.6 Å². The summed E-state index contributed by atoms with van der Waals surface area (Å²) < 4.78 is 30.1. The monoisotopic (exact) mass is 313 g/mol. The largest absolute Gasteiger partial charge is 0.462 e. The molecule has 1 aromatic heterocycles. The normalized spacial score (nSPS) is 10.6. The van der Waals surface area contributed by atoms with E-state index in [2.05, 4.69) is 25.7 Å². The van der Waals surface area contributed by atoms with Gasteiger partial charge in [0.05, 0.1) is 16.6 Å². The summed E-state index contributed by atoms with van der Waals surface area (Å²) in [5.41, 5.74) is -0.959. The summed E-state index contributed by atoms with van der Waals surface area (Å²) in [4.78, 5) is 14.8. The highest BCUT2D eigenvalue weighted by atomic mass is 79.9. The van der Waals surface area contributed by atoms with Crippen LogP contribution in [0.2, 0.25) is 5.15 Å². The van der Waals surface area contributed by atoms with Crippen LogP contribution in [0.5, 0.6) is 0 Å². The minimum Gasteiger partial charge on any atom is -0.462 e. The molecule has 0 saturated heterocycles. The Kier molecular flexibility index (Phi) is 4.61. The number of carbonyl (C=O) groups excluding carboxylic acids is 1. The molecule has 3 nitrogen and oxygen atoms in total. The molecule has 0 spiro atoms. The zero-order valence-corrected chi connectivity index (χ0v) is 10.5. The maximum absolute atomic E-state index is 12.6. The summed E-state index contributed by atoms with van der Waals surface area (Å²) in [7, 11) is 0. The van der Waals surface area contributed by atoms with Crippen molar-refractivity contribution in [2.24, 2.45) is 0 Å². The van der Waals surface area contributed by atoms with E-state index in [-0.39, 0.29) is 21.8 Å². The maximum Gasteiger partial charge on any atom is 0.340 e. The lowest BCUT2D eigenvalue weighted by Crippen LogP contribution is -2.10. The van der Waals surface area contributed by atoms with Crippen molar-refractivity contribution in [3.05, 3.63) is 26.9 Å². The fourth-order valence-electron chi connectivity index (χ4n) is 1.02. The fourth-order valence-corrected chi connectivity index (χ4v) is 1.48. The summed E-state index contributed by atoms with van der Waals surface area (Å²) in [5.74, 6) is -0.845. The quantitative estimate of drug-likeness (QED) is 0.632. The molecule has 0 atom stereocenters. The first kappa shape index (κ1) is 13.3. The van der Waals surface area contributed by atoms with Crippen molar-refractivity contribution in [3.8, 4) is 0 Å². The molecule has 0 unspecified atom stereocenters. The van der Waals surface area contributed by atoms with Crippen LogP contribution in [0.4, 0.5) is 8.78 Å². The van der Waals surface area contributed by atoms with E-state index in [0.717, 1.165) is 0 Å². The topological polar surface area (TPSA) is 39.2 Å². The summed E-state index contributed by atoms with van der Waals surface area (Å²) in [5, 5.41) is -0.122. The molecule has 0 radical (unpaired) electrons. The lowest BCUT2D eigenvalue weighted by atomic mass is 10.2. The van der Waals surface area contributed by atoms with Gasteiger partial charge in [-0.1, -0.05) is 11.6 Å². The zero-order valence-electron chi connectivity index (χ0n) is 8.14. The second kappa shape index (κ2) is 5.54. The number of ether oxygens (including phenoxy) is 1. The van der Waals surface area contributed by atoms with Crippen LogP contribution in [0, 0.1) is 0 Å². The van der Waals surface area contributed by atoms with Gasteiger partial charge in [0.1, 0.15) is 10.8 Å². The minimum absolute atomic E-state index is 0.0990. The number of carbonyl (C=O) groups is 1. The molecule has 1 rings (SSSR count). The predicted molar refractivity (Wildman–Crippen MR) is 57.9 cm³/mol. The van der Waals surface area contributed by atoms with Crippen molar-refractivity contribution < 1.29 is 18.3 Å². The van der Waals surface area contributed by atoms with E-state index in [1.807, 2.05) is 0 Å². The zero-order chi connectivity index (χ0) is 12.3. The number of hydrogen-bond acceptors (Lipinski definition) is 3. The number of pyridine rings is 1. The third-order valence-corrected chi connectivity index (χ3v) is 2.79. The van der Waals surface area contributed by atoms with E-state index in [4.69, 9.17) is 11.6 Å². The average molecular weight is 315 g/mol. The Labute approximate surface area is 104 Å². The lowest BCUT2D eigenvalue weighted by molar-refractivity contribution is 0.0513. The SMILES string of the molecule is CCOC(=O)c1cc(Br)c(Cl)nc1C(F)F. The highest BCUT2D eigenvalue weighted by Gasteiger charge is 2.23. The Balaban J connectivity index is 3.24. The van der Waals surface area contributed by atoms with Crippen molar-refractivity contribution in [3.63, 3.8) is 0 Å². The number of esters is 1. The summed E-state index contributed by atoms with van der Waals surface area (Å²) in [6.07, 6.45) is -2.88. The molecular weight excluding hydrogens is 307 g/mol. The van der Waals surface area contributed by atoms with E-state index >= 15 is 0 Å². The van der Waals surface area contributed by atoms with Gasteiger partial charge in [0.2, 0.25) is 0 Å². The van der Waals surface area contributed by atoms with Crippen LogP contribution in [0.25, 0.3) is 0 Å². The number of hydrogen-bond donors (Lipinski definition) is 0. The standard InChI is InChI=1S/C9H7BrClF2NO2/c1-2-16-9(15)4-3-5(10)7(11)14-6(4)8(12)13/h3,8H,2H2,1H3. The molecule has 0 amide bonds. The predicted octanol–water partition coefficient (Wildman–Crippen LogP) is 3.61. The first-order chi connectivity index (χ1) is 7.47. The second-order valence-corrected chi connectivity index (χ2v) is 3.93. The molecule has 0 bridgehead atoms. The summed E-state index contributed by atoms with van der Waals surface area (Å²) in [6.45, 7) is 1.68. The number of rotatable bonds is 3. The van der Waals surface area contributed by atoms with Crippen molar-refractivity contribution in [2.75, 3.05) is 6.61 Å². The number of alkyl halides is 2. The number of halogens is 4. The molecule has 1 heterocycles. The molecule has 0 aliphatic carbocycles. The van der Waals surface area contributed by atoms with E-state index in [1.54, 1.807) is 6.92 Å². The van der Waals surface area contributed by atoms with Crippen LogP contribution in [-0.2, 0) is 4.74 Å². The van der Waals surface area contributed by atoms with Gasteiger partial charge in [0.25, 0.3) is 6.43 Å². The molecule has 0 aromatic carbocycles. The Bertz CT molecular complexity index is 415. The van der Waals surface area contributed by atoms with Crippen LogP contribution in [0.3, 0.4) is 0 Å². The molecule has 0 aliphatic heterocycles. The molecule has 0 aliphatic rings. The first-order valence-electron chi connectivity index (χ1n) is 4.28.